The summed E-state index contributed by atoms with van der Waals surface area (Å²) in [7, 11) is 0. The van der Waals surface area contributed by atoms with Gasteiger partial charge in [-0.2, -0.15) is 0 Å². The molecule has 0 bridgehead atoms. The number of rotatable bonds is 4. The van der Waals surface area contributed by atoms with E-state index in [0.717, 1.165) is 39.0 Å². The van der Waals surface area contributed by atoms with Crippen LogP contribution in [-0.4, -0.2) is 42.5 Å². The van der Waals surface area contributed by atoms with Crippen LogP contribution in [0.4, 0.5) is 0 Å². The SMILES string of the molecule is Cc1cc(C)cc([C@@H](C)NC(=O)C2(N3CCNCC3)Cc3ccccc3C2)c1. The first-order chi connectivity index (χ1) is 13.5. The number of amides is 1. The number of hydrogen-bond donors (Lipinski definition) is 2. The van der Waals surface area contributed by atoms with Gasteiger partial charge in [-0.3, -0.25) is 9.69 Å². The predicted octanol–water partition coefficient (Wildman–Crippen LogP) is 2.92. The lowest BCUT2D eigenvalue weighted by Crippen LogP contribution is -2.64. The molecule has 2 aliphatic rings. The Morgan fingerprint density at radius 2 is 1.61 bits per heavy atom. The maximum atomic E-state index is 13.7. The van der Waals surface area contributed by atoms with Crippen LogP contribution >= 0.6 is 0 Å². The van der Waals surface area contributed by atoms with Gasteiger partial charge in [0.1, 0.15) is 5.54 Å². The molecule has 0 aromatic heterocycles. The molecule has 1 amide bonds. The Bertz CT molecular complexity index is 825. The van der Waals surface area contributed by atoms with Crippen LogP contribution in [0, 0.1) is 13.8 Å². The van der Waals surface area contributed by atoms with Crippen LogP contribution < -0.4 is 10.6 Å². The van der Waals surface area contributed by atoms with Gasteiger partial charge in [0.15, 0.2) is 0 Å². The average Bonchev–Trinajstić information content (AvgIpc) is 3.09. The fourth-order valence-corrected chi connectivity index (χ4v) is 4.89. The highest BCUT2D eigenvalue weighted by atomic mass is 16.2. The molecular formula is C24H31N3O. The van der Waals surface area contributed by atoms with Crippen molar-refractivity contribution >= 4 is 5.91 Å². The normalized spacial score (nSPS) is 19.8. The second kappa shape index (κ2) is 7.69. The number of carbonyl (C=O) groups excluding carboxylic acids is 1. The molecule has 2 aromatic rings. The molecule has 4 nitrogen and oxygen atoms in total. The molecule has 1 aliphatic carbocycles. The minimum Gasteiger partial charge on any atom is -0.348 e. The van der Waals surface area contributed by atoms with Gasteiger partial charge in [0, 0.05) is 39.0 Å². The minimum atomic E-state index is -0.473. The quantitative estimate of drug-likeness (QED) is 0.861. The highest BCUT2D eigenvalue weighted by Gasteiger charge is 2.48. The van der Waals surface area contributed by atoms with Crippen molar-refractivity contribution in [3.05, 3.63) is 70.3 Å². The van der Waals surface area contributed by atoms with Gasteiger partial charge in [0.2, 0.25) is 5.91 Å². The molecule has 28 heavy (non-hydrogen) atoms. The summed E-state index contributed by atoms with van der Waals surface area (Å²) in [5, 5.41) is 6.79. The molecular weight excluding hydrogens is 346 g/mol. The van der Waals surface area contributed by atoms with Crippen LogP contribution in [0.5, 0.6) is 0 Å². The first-order valence-corrected chi connectivity index (χ1v) is 10.4. The summed E-state index contributed by atoms with van der Waals surface area (Å²) in [6.45, 7) is 10.0. The Hall–Kier alpha value is -2.17. The van der Waals surface area contributed by atoms with Crippen molar-refractivity contribution in [2.24, 2.45) is 0 Å². The molecule has 1 atom stereocenters. The molecule has 2 aromatic carbocycles. The average molecular weight is 378 g/mol. The molecule has 4 rings (SSSR count). The van der Waals surface area contributed by atoms with Crippen molar-refractivity contribution in [3.63, 3.8) is 0 Å². The van der Waals surface area contributed by atoms with Gasteiger partial charge in [0.25, 0.3) is 0 Å². The van der Waals surface area contributed by atoms with E-state index in [1.54, 1.807) is 0 Å². The van der Waals surface area contributed by atoms with E-state index in [1.165, 1.54) is 27.8 Å². The zero-order valence-electron chi connectivity index (χ0n) is 17.2. The third-order valence-electron chi connectivity index (χ3n) is 6.32. The van der Waals surface area contributed by atoms with Gasteiger partial charge in [0.05, 0.1) is 6.04 Å². The standard InChI is InChI=1S/C24H31N3O/c1-17-12-18(2)14-22(13-17)19(3)26-23(28)24(27-10-8-25-9-11-27)15-20-6-4-5-7-21(20)16-24/h4-7,12-14,19,25H,8-11,15-16H2,1-3H3,(H,26,28)/t19-/m1/s1. The van der Waals surface area contributed by atoms with Crippen molar-refractivity contribution < 1.29 is 4.79 Å². The predicted molar refractivity (Wildman–Crippen MR) is 113 cm³/mol. The zero-order chi connectivity index (χ0) is 19.7. The summed E-state index contributed by atoms with van der Waals surface area (Å²) in [6.07, 6.45) is 1.60. The van der Waals surface area contributed by atoms with Gasteiger partial charge in [-0.1, -0.05) is 53.6 Å². The fourth-order valence-electron chi connectivity index (χ4n) is 4.89. The smallest absolute Gasteiger partial charge is 0.241 e. The number of fused-ring (bicyclic) bond motifs is 1. The van der Waals surface area contributed by atoms with Crippen LogP contribution in [0.2, 0.25) is 0 Å². The first kappa shape index (κ1) is 19.2. The summed E-state index contributed by atoms with van der Waals surface area (Å²) < 4.78 is 0. The van der Waals surface area contributed by atoms with Gasteiger partial charge >= 0.3 is 0 Å². The molecule has 0 radical (unpaired) electrons. The monoisotopic (exact) mass is 377 g/mol. The maximum Gasteiger partial charge on any atom is 0.241 e. The lowest BCUT2D eigenvalue weighted by molar-refractivity contribution is -0.134. The molecule has 4 heteroatoms. The highest BCUT2D eigenvalue weighted by Crippen LogP contribution is 2.36. The van der Waals surface area contributed by atoms with Crippen LogP contribution in [-0.2, 0) is 17.6 Å². The lowest BCUT2D eigenvalue weighted by Gasteiger charge is -2.43. The summed E-state index contributed by atoms with van der Waals surface area (Å²) in [4.78, 5) is 16.1. The summed E-state index contributed by atoms with van der Waals surface area (Å²) >= 11 is 0. The second-order valence-electron chi connectivity index (χ2n) is 8.51. The van der Waals surface area contributed by atoms with Crippen LogP contribution in [0.1, 0.15) is 40.8 Å². The van der Waals surface area contributed by atoms with Crippen molar-refractivity contribution in [2.45, 2.75) is 45.2 Å². The summed E-state index contributed by atoms with van der Waals surface area (Å²) in [6, 6.07) is 15.1. The molecule has 1 heterocycles. The number of hydrogen-bond acceptors (Lipinski definition) is 3. The molecule has 148 valence electrons. The number of nitrogens with one attached hydrogen (secondary N) is 2. The van der Waals surface area contributed by atoms with E-state index in [0.29, 0.717) is 0 Å². The molecule has 0 spiro atoms. The third-order valence-corrected chi connectivity index (χ3v) is 6.32. The Balaban J connectivity index is 1.61. The summed E-state index contributed by atoms with van der Waals surface area (Å²) in [5.74, 6) is 0.164. The fraction of sp³-hybridized carbons (Fsp3) is 0.458. The van der Waals surface area contributed by atoms with Crippen molar-refractivity contribution in [3.8, 4) is 0 Å². The Morgan fingerprint density at radius 3 is 2.18 bits per heavy atom. The molecule has 0 saturated carbocycles. The lowest BCUT2D eigenvalue weighted by atomic mass is 9.90. The van der Waals surface area contributed by atoms with Crippen molar-refractivity contribution in [2.75, 3.05) is 26.2 Å². The highest BCUT2D eigenvalue weighted by molar-refractivity contribution is 5.88. The van der Waals surface area contributed by atoms with Gasteiger partial charge in [-0.05, 0) is 37.5 Å². The number of benzene rings is 2. The van der Waals surface area contributed by atoms with Gasteiger partial charge < -0.3 is 10.6 Å². The molecule has 0 unspecified atom stereocenters. The van der Waals surface area contributed by atoms with Crippen LogP contribution in [0.25, 0.3) is 0 Å². The Labute approximate surface area is 168 Å². The van der Waals surface area contributed by atoms with Crippen LogP contribution in [0.15, 0.2) is 42.5 Å². The number of aryl methyl sites for hydroxylation is 2. The second-order valence-corrected chi connectivity index (χ2v) is 8.51. The largest absolute Gasteiger partial charge is 0.348 e. The topological polar surface area (TPSA) is 44.4 Å². The number of carbonyl (C=O) groups is 1. The van der Waals surface area contributed by atoms with Crippen LogP contribution in [0.3, 0.4) is 0 Å². The van der Waals surface area contributed by atoms with E-state index in [-0.39, 0.29) is 11.9 Å². The van der Waals surface area contributed by atoms with E-state index in [1.807, 2.05) is 0 Å². The van der Waals surface area contributed by atoms with E-state index in [4.69, 9.17) is 0 Å². The number of piperazine rings is 1. The Kier molecular flexibility index (Phi) is 5.26. The van der Waals surface area contributed by atoms with E-state index in [2.05, 4.69) is 78.8 Å². The maximum absolute atomic E-state index is 13.7. The molecule has 1 saturated heterocycles. The first-order valence-electron chi connectivity index (χ1n) is 10.4. The summed E-state index contributed by atoms with van der Waals surface area (Å²) in [5.41, 5.74) is 5.81. The van der Waals surface area contributed by atoms with Gasteiger partial charge in [-0.25, -0.2) is 0 Å². The van der Waals surface area contributed by atoms with Crippen molar-refractivity contribution in [1.82, 2.24) is 15.5 Å². The third kappa shape index (κ3) is 3.59. The molecule has 2 N–H and O–H groups in total. The van der Waals surface area contributed by atoms with E-state index < -0.39 is 5.54 Å². The molecule has 1 fully saturated rings. The number of nitrogens with zero attached hydrogens (tertiary/aromatic N) is 1. The Morgan fingerprint density at radius 1 is 1.04 bits per heavy atom. The van der Waals surface area contributed by atoms with E-state index >= 15 is 0 Å². The minimum absolute atomic E-state index is 0.00500. The van der Waals surface area contributed by atoms with E-state index in [9.17, 15) is 4.79 Å². The zero-order valence-corrected chi connectivity index (χ0v) is 17.2. The van der Waals surface area contributed by atoms with Gasteiger partial charge in [-0.15, -0.1) is 0 Å². The molecule has 1 aliphatic heterocycles. The van der Waals surface area contributed by atoms with Crippen molar-refractivity contribution in [1.29, 1.82) is 0 Å².